The average molecular weight is 622 g/mol. The van der Waals surface area contributed by atoms with E-state index in [9.17, 15) is 9.59 Å². The molecule has 0 aliphatic carbocycles. The van der Waals surface area contributed by atoms with E-state index in [0.29, 0.717) is 40.9 Å². The Morgan fingerprint density at radius 3 is 2.57 bits per heavy atom. The van der Waals surface area contributed by atoms with Crippen molar-refractivity contribution < 1.29 is 14.3 Å². The van der Waals surface area contributed by atoms with Crippen molar-refractivity contribution in [3.63, 3.8) is 0 Å². The number of methoxy groups -OCH3 is 1. The predicted octanol–water partition coefficient (Wildman–Crippen LogP) is 4.13. The largest absolute Gasteiger partial charge is 0.495 e. The molecule has 11 heteroatoms. The lowest BCUT2D eigenvalue weighted by Gasteiger charge is -2.47. The summed E-state index contributed by atoms with van der Waals surface area (Å²) in [6.45, 7) is 10.2. The molecular formula is C26H36IN7O3. The molecule has 2 aliphatic rings. The third-order valence-electron chi connectivity index (χ3n) is 6.86. The molecule has 0 unspecified atom stereocenters. The Morgan fingerprint density at radius 1 is 1.24 bits per heavy atom. The first-order valence-corrected chi connectivity index (χ1v) is 13.6. The molecular weight excluding hydrogens is 585 g/mol. The number of hydrogen-bond acceptors (Lipinski definition) is 8. The molecule has 4 rings (SSSR count). The molecule has 200 valence electrons. The lowest BCUT2D eigenvalue weighted by molar-refractivity contribution is -0.120. The Morgan fingerprint density at radius 2 is 1.95 bits per heavy atom. The number of hydrogen-bond donors (Lipinski definition) is 2. The molecule has 2 N–H and O–H groups in total. The number of benzene rings is 1. The fraction of sp³-hybridized carbons (Fsp3) is 0.538. The van der Waals surface area contributed by atoms with E-state index in [1.54, 1.807) is 43.5 Å². The molecule has 3 heterocycles. The van der Waals surface area contributed by atoms with Crippen molar-refractivity contribution in [3.05, 3.63) is 30.0 Å². The van der Waals surface area contributed by atoms with Gasteiger partial charge < -0.3 is 25.2 Å². The van der Waals surface area contributed by atoms with Crippen LogP contribution in [0.3, 0.4) is 0 Å². The van der Waals surface area contributed by atoms with Gasteiger partial charge in [0.15, 0.2) is 5.82 Å². The number of anilines is 4. The molecule has 2 aromatic rings. The SMILES string of the molecule is CC[C@@H]1C(=O)N(C)c2cnc(Nc3ccc(C(=O)NC4CCN(I)CC4)cc3OC)nc2N1C(C)(C)C. The van der Waals surface area contributed by atoms with E-state index in [1.165, 1.54) is 0 Å². The first-order valence-electron chi connectivity index (χ1n) is 12.6. The molecule has 1 fully saturated rings. The number of aromatic nitrogens is 2. The van der Waals surface area contributed by atoms with Gasteiger partial charge in [-0.3, -0.25) is 9.59 Å². The van der Waals surface area contributed by atoms with Crippen molar-refractivity contribution in [2.45, 2.75) is 64.6 Å². The van der Waals surface area contributed by atoms with E-state index < -0.39 is 0 Å². The quantitative estimate of drug-likeness (QED) is 0.367. The minimum atomic E-state index is -0.321. The summed E-state index contributed by atoms with van der Waals surface area (Å²) in [7, 11) is 3.33. The maximum absolute atomic E-state index is 13.0. The zero-order valence-corrected chi connectivity index (χ0v) is 24.5. The number of nitrogens with zero attached hydrogens (tertiary/aromatic N) is 5. The van der Waals surface area contributed by atoms with Crippen LogP contribution in [0.2, 0.25) is 0 Å². The fourth-order valence-corrected chi connectivity index (χ4v) is 5.46. The van der Waals surface area contributed by atoms with Crippen LogP contribution in [0, 0.1) is 0 Å². The number of amides is 2. The van der Waals surface area contributed by atoms with Gasteiger partial charge in [-0.2, -0.15) is 4.98 Å². The fourth-order valence-electron chi connectivity index (χ4n) is 4.90. The van der Waals surface area contributed by atoms with Gasteiger partial charge in [0, 0.05) is 60.1 Å². The van der Waals surface area contributed by atoms with Gasteiger partial charge in [-0.25, -0.2) is 8.10 Å². The van der Waals surface area contributed by atoms with Crippen molar-refractivity contribution in [1.29, 1.82) is 0 Å². The monoisotopic (exact) mass is 621 g/mol. The Kier molecular flexibility index (Phi) is 8.12. The van der Waals surface area contributed by atoms with Crippen molar-refractivity contribution in [1.82, 2.24) is 18.4 Å². The second-order valence-electron chi connectivity index (χ2n) is 10.5. The summed E-state index contributed by atoms with van der Waals surface area (Å²) < 4.78 is 7.84. The molecule has 1 aromatic carbocycles. The first kappa shape index (κ1) is 27.4. The van der Waals surface area contributed by atoms with Gasteiger partial charge in [-0.1, -0.05) is 6.92 Å². The van der Waals surface area contributed by atoms with Crippen LogP contribution >= 0.6 is 22.9 Å². The van der Waals surface area contributed by atoms with E-state index in [-0.39, 0.29) is 29.4 Å². The van der Waals surface area contributed by atoms with Gasteiger partial charge in [0.25, 0.3) is 5.91 Å². The van der Waals surface area contributed by atoms with Crippen LogP contribution in [-0.2, 0) is 4.79 Å². The van der Waals surface area contributed by atoms with Crippen molar-refractivity contribution in [3.8, 4) is 5.75 Å². The number of carbonyl (C=O) groups excluding carboxylic acids is 2. The Hall–Kier alpha value is -2.67. The summed E-state index contributed by atoms with van der Waals surface area (Å²) in [4.78, 5) is 38.9. The highest BCUT2D eigenvalue weighted by Gasteiger charge is 2.42. The van der Waals surface area contributed by atoms with Gasteiger partial charge in [0.1, 0.15) is 17.5 Å². The van der Waals surface area contributed by atoms with E-state index in [2.05, 4.69) is 67.3 Å². The summed E-state index contributed by atoms with van der Waals surface area (Å²) in [5.41, 5.74) is 1.53. The maximum Gasteiger partial charge on any atom is 0.251 e. The molecule has 0 radical (unpaired) electrons. The lowest BCUT2D eigenvalue weighted by Crippen LogP contribution is -2.59. The highest BCUT2D eigenvalue weighted by molar-refractivity contribution is 14.1. The molecule has 1 aromatic heterocycles. The molecule has 0 bridgehead atoms. The van der Waals surface area contributed by atoms with Gasteiger partial charge in [-0.15, -0.1) is 0 Å². The summed E-state index contributed by atoms with van der Waals surface area (Å²) in [6.07, 6.45) is 4.21. The third kappa shape index (κ3) is 5.77. The summed E-state index contributed by atoms with van der Waals surface area (Å²) >= 11 is 2.32. The van der Waals surface area contributed by atoms with E-state index >= 15 is 0 Å². The zero-order valence-electron chi connectivity index (χ0n) is 22.3. The summed E-state index contributed by atoms with van der Waals surface area (Å²) in [5.74, 6) is 1.52. The van der Waals surface area contributed by atoms with Crippen LogP contribution < -0.4 is 25.2 Å². The van der Waals surface area contributed by atoms with Crippen molar-refractivity contribution in [2.24, 2.45) is 0 Å². The Labute approximate surface area is 232 Å². The highest BCUT2D eigenvalue weighted by atomic mass is 127. The first-order chi connectivity index (χ1) is 17.5. The number of rotatable bonds is 6. The predicted molar refractivity (Wildman–Crippen MR) is 154 cm³/mol. The number of likely N-dealkylation sites (N-methyl/N-ethyl adjacent to an activating group) is 1. The summed E-state index contributed by atoms with van der Waals surface area (Å²) in [6, 6.07) is 5.17. The van der Waals surface area contributed by atoms with Crippen LogP contribution in [0.15, 0.2) is 24.4 Å². The van der Waals surface area contributed by atoms with Crippen LogP contribution in [0.5, 0.6) is 5.75 Å². The van der Waals surface area contributed by atoms with E-state index in [4.69, 9.17) is 9.72 Å². The number of halogens is 1. The Balaban J connectivity index is 1.58. The standard InChI is InChI=1S/C26H36IN7O3/c1-7-19-24(36)32(5)20-15-28-25(31-22(20)34(19)26(2,3)4)30-18-9-8-16(14-21(18)37-6)23(35)29-17-10-12-33(27)13-11-17/h8-9,14-15,17,19H,7,10-13H2,1-6H3,(H,29,35)(H,28,30,31)/t19-/m1/s1. The maximum atomic E-state index is 13.0. The minimum absolute atomic E-state index is 0.0321. The molecule has 2 amide bonds. The zero-order chi connectivity index (χ0) is 26.9. The van der Waals surface area contributed by atoms with Gasteiger partial charge in [0.05, 0.1) is 19.0 Å². The number of ether oxygens (including phenoxy) is 1. The molecule has 1 atom stereocenters. The van der Waals surface area contributed by atoms with Crippen molar-refractivity contribution >= 4 is 57.8 Å². The van der Waals surface area contributed by atoms with Gasteiger partial charge in [-0.05, 0) is 58.2 Å². The Bertz CT molecular complexity index is 1160. The van der Waals surface area contributed by atoms with E-state index in [1.807, 2.05) is 6.92 Å². The number of fused-ring (bicyclic) bond motifs is 1. The van der Waals surface area contributed by atoms with Crippen LogP contribution in [0.4, 0.5) is 23.1 Å². The van der Waals surface area contributed by atoms with Crippen molar-refractivity contribution in [2.75, 3.05) is 42.4 Å². The highest BCUT2D eigenvalue weighted by Crippen LogP contribution is 2.39. The minimum Gasteiger partial charge on any atom is -0.495 e. The number of nitrogens with one attached hydrogen (secondary N) is 2. The normalized spacial score (nSPS) is 19.0. The van der Waals surface area contributed by atoms with Crippen LogP contribution in [-0.4, -0.2) is 69.8 Å². The number of piperidine rings is 1. The second-order valence-corrected chi connectivity index (χ2v) is 11.8. The summed E-state index contributed by atoms with van der Waals surface area (Å²) in [5, 5.41) is 6.38. The van der Waals surface area contributed by atoms with Crippen LogP contribution in [0.25, 0.3) is 0 Å². The molecule has 37 heavy (non-hydrogen) atoms. The van der Waals surface area contributed by atoms with Gasteiger partial charge >= 0.3 is 0 Å². The number of carbonyl (C=O) groups is 2. The van der Waals surface area contributed by atoms with Gasteiger partial charge in [0.2, 0.25) is 11.9 Å². The molecule has 10 nitrogen and oxygen atoms in total. The van der Waals surface area contributed by atoms with Crippen LogP contribution in [0.1, 0.15) is 57.3 Å². The topological polar surface area (TPSA) is 103 Å². The average Bonchev–Trinajstić information content (AvgIpc) is 2.86. The molecule has 0 spiro atoms. The second kappa shape index (κ2) is 11.0. The van der Waals surface area contributed by atoms with E-state index in [0.717, 1.165) is 25.9 Å². The molecule has 1 saturated heterocycles. The molecule has 0 saturated carbocycles. The third-order valence-corrected chi connectivity index (χ3v) is 7.83. The smallest absolute Gasteiger partial charge is 0.251 e. The molecule has 2 aliphatic heterocycles. The lowest BCUT2D eigenvalue weighted by atomic mass is 9.98.